The zero-order valence-corrected chi connectivity index (χ0v) is 14.8. The number of nitrogens with zero attached hydrogens (tertiary/aromatic N) is 3. The van der Waals surface area contributed by atoms with E-state index in [1.165, 1.54) is 11.8 Å². The van der Waals surface area contributed by atoms with E-state index in [2.05, 4.69) is 27.2 Å². The minimum Gasteiger partial charge on any atom is -0.391 e. The van der Waals surface area contributed by atoms with Crippen LogP contribution in [0.3, 0.4) is 0 Å². The highest BCUT2D eigenvalue weighted by Gasteiger charge is 2.10. The van der Waals surface area contributed by atoms with Gasteiger partial charge in [0.05, 0.1) is 24.9 Å². The standard InChI is InChI=1S/C21H20FN3O2/c22-20-8-5-17(21-19(20)2-1-9-23-21)15-27-24-14-16-3-6-18(7-4-16)25-10-12-26-13-11-25/h1-9,14H,10-13,15H2. The Bertz CT molecular complexity index is 938. The molecule has 1 saturated heterocycles. The lowest BCUT2D eigenvalue weighted by molar-refractivity contribution is 0.122. The number of oxime groups is 1. The molecule has 0 unspecified atom stereocenters. The van der Waals surface area contributed by atoms with Crippen LogP contribution in [0.4, 0.5) is 10.1 Å². The molecule has 0 spiro atoms. The summed E-state index contributed by atoms with van der Waals surface area (Å²) in [6, 6.07) is 14.7. The fourth-order valence-corrected chi connectivity index (χ4v) is 3.11. The first kappa shape index (κ1) is 17.4. The van der Waals surface area contributed by atoms with Gasteiger partial charge in [-0.05, 0) is 35.9 Å². The second-order valence-electron chi connectivity index (χ2n) is 6.30. The maximum absolute atomic E-state index is 13.8. The van der Waals surface area contributed by atoms with Crippen molar-refractivity contribution >= 4 is 22.8 Å². The number of pyridine rings is 1. The van der Waals surface area contributed by atoms with E-state index in [4.69, 9.17) is 9.57 Å². The van der Waals surface area contributed by atoms with Gasteiger partial charge in [0, 0.05) is 35.9 Å². The summed E-state index contributed by atoms with van der Waals surface area (Å²) in [7, 11) is 0. The Balaban J connectivity index is 1.38. The van der Waals surface area contributed by atoms with Gasteiger partial charge in [0.2, 0.25) is 0 Å². The van der Waals surface area contributed by atoms with Crippen LogP contribution in [0.5, 0.6) is 0 Å². The normalized spacial score (nSPS) is 14.8. The summed E-state index contributed by atoms with van der Waals surface area (Å²) >= 11 is 0. The predicted octanol–water partition coefficient (Wildman–Crippen LogP) is 3.76. The highest BCUT2D eigenvalue weighted by Crippen LogP contribution is 2.20. The minimum absolute atomic E-state index is 0.232. The smallest absolute Gasteiger partial charge is 0.144 e. The summed E-state index contributed by atoms with van der Waals surface area (Å²) in [5.74, 6) is -0.286. The maximum atomic E-state index is 13.8. The molecule has 0 aliphatic carbocycles. The summed E-state index contributed by atoms with van der Waals surface area (Å²) < 4.78 is 19.2. The highest BCUT2D eigenvalue weighted by atomic mass is 19.1. The van der Waals surface area contributed by atoms with Crippen molar-refractivity contribution in [2.24, 2.45) is 5.16 Å². The van der Waals surface area contributed by atoms with Gasteiger partial charge in [-0.15, -0.1) is 0 Å². The first-order chi connectivity index (χ1) is 13.3. The third-order valence-electron chi connectivity index (χ3n) is 4.57. The Kier molecular flexibility index (Phi) is 5.25. The van der Waals surface area contributed by atoms with Crippen LogP contribution >= 0.6 is 0 Å². The molecule has 5 nitrogen and oxygen atoms in total. The van der Waals surface area contributed by atoms with E-state index in [1.807, 2.05) is 12.1 Å². The van der Waals surface area contributed by atoms with Crippen molar-refractivity contribution < 1.29 is 14.0 Å². The number of benzene rings is 2. The highest BCUT2D eigenvalue weighted by molar-refractivity contribution is 5.82. The van der Waals surface area contributed by atoms with Gasteiger partial charge in [-0.3, -0.25) is 4.98 Å². The number of morpholine rings is 1. The molecule has 0 saturated carbocycles. The molecule has 27 heavy (non-hydrogen) atoms. The van der Waals surface area contributed by atoms with Crippen LogP contribution in [-0.2, 0) is 16.2 Å². The first-order valence-corrected chi connectivity index (χ1v) is 8.91. The zero-order chi connectivity index (χ0) is 18.5. The number of halogens is 1. The van der Waals surface area contributed by atoms with Crippen LogP contribution in [0, 0.1) is 5.82 Å². The van der Waals surface area contributed by atoms with Crippen molar-refractivity contribution in [2.45, 2.75) is 6.61 Å². The number of anilines is 1. The number of hydrogen-bond donors (Lipinski definition) is 0. The van der Waals surface area contributed by atoms with Gasteiger partial charge in [0.15, 0.2) is 0 Å². The molecule has 6 heteroatoms. The molecule has 1 aromatic heterocycles. The summed E-state index contributed by atoms with van der Waals surface area (Å²) in [5, 5.41) is 4.52. The average Bonchev–Trinajstić information content (AvgIpc) is 2.74. The molecule has 1 aliphatic heterocycles. The molecule has 1 aliphatic rings. The van der Waals surface area contributed by atoms with Gasteiger partial charge in [0.25, 0.3) is 0 Å². The van der Waals surface area contributed by atoms with Gasteiger partial charge in [-0.1, -0.05) is 23.4 Å². The molecule has 0 N–H and O–H groups in total. The van der Waals surface area contributed by atoms with Gasteiger partial charge < -0.3 is 14.5 Å². The number of hydrogen-bond acceptors (Lipinski definition) is 5. The molecule has 2 heterocycles. The van der Waals surface area contributed by atoms with Crippen LogP contribution < -0.4 is 4.90 Å². The third kappa shape index (κ3) is 4.06. The van der Waals surface area contributed by atoms with Gasteiger partial charge >= 0.3 is 0 Å². The lowest BCUT2D eigenvalue weighted by Crippen LogP contribution is -2.36. The molecule has 0 atom stereocenters. The van der Waals surface area contributed by atoms with E-state index in [0.29, 0.717) is 10.9 Å². The fourth-order valence-electron chi connectivity index (χ4n) is 3.11. The summed E-state index contributed by atoms with van der Waals surface area (Å²) in [6.45, 7) is 3.59. The molecule has 1 fully saturated rings. The molecular formula is C21H20FN3O2. The molecule has 4 rings (SSSR count). The van der Waals surface area contributed by atoms with E-state index in [0.717, 1.165) is 37.4 Å². The molecule has 0 amide bonds. The number of aromatic nitrogens is 1. The fraction of sp³-hybridized carbons (Fsp3) is 0.238. The SMILES string of the molecule is Fc1ccc(CON=Cc2ccc(N3CCOCC3)cc2)c2ncccc12. The molecule has 3 aromatic rings. The zero-order valence-electron chi connectivity index (χ0n) is 14.8. The lowest BCUT2D eigenvalue weighted by atomic mass is 10.1. The van der Waals surface area contributed by atoms with Crippen LogP contribution in [-0.4, -0.2) is 37.5 Å². The molecule has 0 bridgehead atoms. The lowest BCUT2D eigenvalue weighted by Gasteiger charge is -2.28. The van der Waals surface area contributed by atoms with E-state index >= 15 is 0 Å². The largest absolute Gasteiger partial charge is 0.391 e. The predicted molar refractivity (Wildman–Crippen MR) is 104 cm³/mol. The quantitative estimate of drug-likeness (QED) is 0.510. The van der Waals surface area contributed by atoms with E-state index in [9.17, 15) is 4.39 Å². The van der Waals surface area contributed by atoms with Crippen molar-refractivity contribution in [2.75, 3.05) is 31.2 Å². The topological polar surface area (TPSA) is 47.0 Å². The van der Waals surface area contributed by atoms with Crippen LogP contribution in [0.2, 0.25) is 0 Å². The van der Waals surface area contributed by atoms with E-state index in [1.54, 1.807) is 30.6 Å². The molecule has 2 aromatic carbocycles. The number of ether oxygens (including phenoxy) is 1. The molecule has 0 radical (unpaired) electrons. The Morgan fingerprint density at radius 2 is 1.93 bits per heavy atom. The summed E-state index contributed by atoms with van der Waals surface area (Å²) in [6.07, 6.45) is 3.31. The van der Waals surface area contributed by atoms with Gasteiger partial charge in [-0.25, -0.2) is 4.39 Å². The minimum atomic E-state index is -0.286. The Hall–Kier alpha value is -2.99. The van der Waals surface area contributed by atoms with Crippen LogP contribution in [0.1, 0.15) is 11.1 Å². The van der Waals surface area contributed by atoms with Crippen molar-refractivity contribution in [1.29, 1.82) is 0 Å². The van der Waals surface area contributed by atoms with Crippen molar-refractivity contribution in [3.63, 3.8) is 0 Å². The second-order valence-corrected chi connectivity index (χ2v) is 6.30. The van der Waals surface area contributed by atoms with Crippen molar-refractivity contribution in [3.8, 4) is 0 Å². The third-order valence-corrected chi connectivity index (χ3v) is 4.57. The first-order valence-electron chi connectivity index (χ1n) is 8.91. The number of rotatable bonds is 5. The second kappa shape index (κ2) is 8.14. The summed E-state index contributed by atoms with van der Waals surface area (Å²) in [4.78, 5) is 11.9. The van der Waals surface area contributed by atoms with Gasteiger partial charge in [-0.2, -0.15) is 0 Å². The number of fused-ring (bicyclic) bond motifs is 1. The van der Waals surface area contributed by atoms with Gasteiger partial charge in [0.1, 0.15) is 12.4 Å². The summed E-state index contributed by atoms with van der Waals surface area (Å²) in [5.41, 5.74) is 3.53. The van der Waals surface area contributed by atoms with E-state index < -0.39 is 0 Å². The van der Waals surface area contributed by atoms with Crippen LogP contribution in [0.25, 0.3) is 10.9 Å². The average molecular weight is 365 g/mol. The monoisotopic (exact) mass is 365 g/mol. The Morgan fingerprint density at radius 3 is 2.74 bits per heavy atom. The van der Waals surface area contributed by atoms with Crippen LogP contribution in [0.15, 0.2) is 59.9 Å². The van der Waals surface area contributed by atoms with E-state index in [-0.39, 0.29) is 12.4 Å². The van der Waals surface area contributed by atoms with Crippen molar-refractivity contribution in [1.82, 2.24) is 4.98 Å². The Labute approximate surface area is 157 Å². The molecular weight excluding hydrogens is 345 g/mol. The van der Waals surface area contributed by atoms with Crippen molar-refractivity contribution in [3.05, 3.63) is 71.7 Å². The maximum Gasteiger partial charge on any atom is 0.144 e. The molecule has 138 valence electrons. The Morgan fingerprint density at radius 1 is 1.11 bits per heavy atom.